The van der Waals surface area contributed by atoms with Gasteiger partial charge in [-0.3, -0.25) is 9.69 Å². The minimum Gasteiger partial charge on any atom is -0.492 e. The molecule has 7 nitrogen and oxygen atoms in total. The second kappa shape index (κ2) is 8.42. The van der Waals surface area contributed by atoms with Gasteiger partial charge in [-0.1, -0.05) is 18.2 Å². The van der Waals surface area contributed by atoms with Gasteiger partial charge in [0.1, 0.15) is 12.4 Å². The minimum absolute atomic E-state index is 0.105. The number of anilines is 1. The molecule has 1 saturated carbocycles. The number of para-hydroxylation sites is 1. The molecule has 5 rings (SSSR count). The van der Waals surface area contributed by atoms with Crippen molar-refractivity contribution in [1.29, 1.82) is 0 Å². The van der Waals surface area contributed by atoms with Crippen molar-refractivity contribution in [1.82, 2.24) is 4.90 Å². The van der Waals surface area contributed by atoms with Gasteiger partial charge in [0.2, 0.25) is 5.91 Å². The lowest BCUT2D eigenvalue weighted by atomic mass is 9.73. The van der Waals surface area contributed by atoms with Gasteiger partial charge in [0.25, 0.3) is 0 Å². The first-order valence-electron chi connectivity index (χ1n) is 11.5. The Kier molecular flexibility index (Phi) is 5.71. The van der Waals surface area contributed by atoms with Crippen molar-refractivity contribution in [3.63, 3.8) is 0 Å². The number of sulfone groups is 1. The Morgan fingerprint density at radius 2 is 1.73 bits per heavy atom. The molecule has 2 aliphatic heterocycles. The molecule has 2 aromatic rings. The number of nitrogens with zero attached hydrogens (tertiary/aromatic N) is 2. The summed E-state index contributed by atoms with van der Waals surface area (Å²) in [4.78, 5) is 18.2. The van der Waals surface area contributed by atoms with Crippen molar-refractivity contribution in [3.8, 4) is 5.75 Å². The average Bonchev–Trinajstić information content (AvgIpc) is 3.01. The molecule has 0 bridgehead atoms. The van der Waals surface area contributed by atoms with E-state index < -0.39 is 15.3 Å². The van der Waals surface area contributed by atoms with Crippen LogP contribution in [-0.4, -0.2) is 69.0 Å². The molecule has 0 atom stereocenters. The van der Waals surface area contributed by atoms with E-state index >= 15 is 0 Å². The van der Waals surface area contributed by atoms with E-state index in [1.165, 1.54) is 6.26 Å². The number of carbonyl (C=O) groups excluding carboxylic acids is 1. The maximum Gasteiger partial charge on any atom is 0.238 e. The molecule has 1 N–H and O–H groups in total. The number of hydrogen-bond acceptors (Lipinski definition) is 6. The van der Waals surface area contributed by atoms with Gasteiger partial charge in [0.05, 0.1) is 16.4 Å². The quantitative estimate of drug-likeness (QED) is 0.698. The molecule has 1 saturated heterocycles. The molecule has 1 spiro atoms. The number of fused-ring (bicyclic) bond motifs is 2. The highest BCUT2D eigenvalue weighted by atomic mass is 32.2. The summed E-state index contributed by atoms with van der Waals surface area (Å²) in [5.74, 6) is 0.844. The highest BCUT2D eigenvalue weighted by Gasteiger charge is 2.54. The number of likely N-dealkylation sites (tertiary alicyclic amines) is 1. The van der Waals surface area contributed by atoms with Gasteiger partial charge >= 0.3 is 0 Å². The number of carbonyl (C=O) groups is 1. The zero-order valence-corrected chi connectivity index (χ0v) is 19.6. The Hall–Kier alpha value is -2.42. The molecule has 0 radical (unpaired) electrons. The van der Waals surface area contributed by atoms with E-state index in [1.54, 1.807) is 24.3 Å². The van der Waals surface area contributed by atoms with Gasteiger partial charge in [-0.2, -0.15) is 0 Å². The Morgan fingerprint density at radius 3 is 2.36 bits per heavy atom. The number of amides is 1. The first-order chi connectivity index (χ1) is 15.8. The second-order valence-corrected chi connectivity index (χ2v) is 11.5. The van der Waals surface area contributed by atoms with Crippen LogP contribution in [0.25, 0.3) is 0 Å². The van der Waals surface area contributed by atoms with Crippen LogP contribution in [0.3, 0.4) is 0 Å². The van der Waals surface area contributed by atoms with Crippen LogP contribution < -0.4 is 9.64 Å². The van der Waals surface area contributed by atoms with Crippen LogP contribution in [0.4, 0.5) is 5.69 Å². The van der Waals surface area contributed by atoms with Crippen molar-refractivity contribution in [2.45, 2.75) is 48.1 Å². The van der Waals surface area contributed by atoms with Crippen molar-refractivity contribution >= 4 is 21.4 Å². The lowest BCUT2D eigenvalue weighted by Gasteiger charge is -2.42. The fourth-order valence-electron chi connectivity index (χ4n) is 5.39. The monoisotopic (exact) mass is 470 g/mol. The van der Waals surface area contributed by atoms with Gasteiger partial charge in [0, 0.05) is 24.5 Å². The van der Waals surface area contributed by atoms with E-state index in [0.29, 0.717) is 25.2 Å². The normalized spacial score (nSPS) is 24.5. The van der Waals surface area contributed by atoms with E-state index in [4.69, 9.17) is 4.74 Å². The van der Waals surface area contributed by atoms with E-state index in [-0.39, 0.29) is 22.9 Å². The zero-order valence-electron chi connectivity index (χ0n) is 18.8. The summed E-state index contributed by atoms with van der Waals surface area (Å²) >= 11 is 0. The van der Waals surface area contributed by atoms with Crippen molar-refractivity contribution < 1.29 is 23.1 Å². The Balaban J connectivity index is 1.20. The van der Waals surface area contributed by atoms with Crippen LogP contribution >= 0.6 is 0 Å². The molecule has 176 valence electrons. The summed E-state index contributed by atoms with van der Waals surface area (Å²) in [5.41, 5.74) is 1.70. The molecule has 33 heavy (non-hydrogen) atoms. The van der Waals surface area contributed by atoms with Crippen molar-refractivity contribution in [2.75, 3.05) is 37.4 Å². The number of benzene rings is 2. The van der Waals surface area contributed by atoms with Gasteiger partial charge in [-0.15, -0.1) is 0 Å². The summed E-state index contributed by atoms with van der Waals surface area (Å²) in [6.45, 7) is 2.88. The van der Waals surface area contributed by atoms with Crippen LogP contribution in [-0.2, 0) is 20.0 Å². The third kappa shape index (κ3) is 4.05. The van der Waals surface area contributed by atoms with E-state index in [0.717, 1.165) is 43.7 Å². The molecule has 3 aliphatic rings. The number of hydrogen-bond donors (Lipinski definition) is 1. The maximum absolute atomic E-state index is 13.6. The van der Waals surface area contributed by atoms with Crippen molar-refractivity contribution in [2.24, 2.45) is 0 Å². The molecule has 2 aromatic carbocycles. The fraction of sp³-hybridized carbons (Fsp3) is 0.480. The molecule has 2 heterocycles. The van der Waals surface area contributed by atoms with Crippen LogP contribution in [0.5, 0.6) is 5.75 Å². The molecule has 1 amide bonds. The molecule has 1 aliphatic carbocycles. The second-order valence-electron chi connectivity index (χ2n) is 9.49. The van der Waals surface area contributed by atoms with Crippen LogP contribution in [0.2, 0.25) is 0 Å². The highest BCUT2D eigenvalue weighted by molar-refractivity contribution is 7.90. The SMILES string of the molecule is CS(=O)(=O)c1ccc(OCCN2CCC3(CC2)C(=O)N(C2CC(O)C2)c2ccccc23)cc1. The smallest absolute Gasteiger partial charge is 0.238 e. The van der Waals surface area contributed by atoms with Gasteiger partial charge < -0.3 is 14.7 Å². The number of piperidine rings is 1. The predicted molar refractivity (Wildman–Crippen MR) is 125 cm³/mol. The number of aliphatic hydroxyl groups is 1. The van der Waals surface area contributed by atoms with Crippen LogP contribution in [0.1, 0.15) is 31.2 Å². The molecule has 0 unspecified atom stereocenters. The van der Waals surface area contributed by atoms with Gasteiger partial charge in [-0.05, 0) is 74.7 Å². The fourth-order valence-corrected chi connectivity index (χ4v) is 6.02. The summed E-state index contributed by atoms with van der Waals surface area (Å²) in [6, 6.07) is 14.7. The predicted octanol–water partition coefficient (Wildman–Crippen LogP) is 2.37. The molecule has 8 heteroatoms. The third-order valence-corrected chi connectivity index (χ3v) is 8.53. The summed E-state index contributed by atoms with van der Waals surface area (Å²) in [7, 11) is -3.21. The van der Waals surface area contributed by atoms with Crippen molar-refractivity contribution in [3.05, 3.63) is 54.1 Å². The van der Waals surface area contributed by atoms with E-state index in [2.05, 4.69) is 11.0 Å². The minimum atomic E-state index is -3.21. The first kappa shape index (κ1) is 22.4. The highest BCUT2D eigenvalue weighted by Crippen LogP contribution is 2.50. The zero-order chi connectivity index (χ0) is 23.2. The Labute approximate surface area is 194 Å². The lowest BCUT2D eigenvalue weighted by molar-refractivity contribution is -0.126. The first-order valence-corrected chi connectivity index (χ1v) is 13.4. The van der Waals surface area contributed by atoms with E-state index in [1.807, 2.05) is 23.1 Å². The van der Waals surface area contributed by atoms with Gasteiger partial charge in [0.15, 0.2) is 9.84 Å². The number of ether oxygens (including phenoxy) is 1. The molecular formula is C25H30N2O5S. The average molecular weight is 471 g/mol. The van der Waals surface area contributed by atoms with E-state index in [9.17, 15) is 18.3 Å². The van der Waals surface area contributed by atoms with Crippen LogP contribution in [0, 0.1) is 0 Å². The summed E-state index contributed by atoms with van der Waals surface area (Å²) in [6.07, 6.45) is 3.76. The standard InChI is InChI=1S/C25H30N2O5S/c1-33(30,31)21-8-6-20(7-9-21)32-15-14-26-12-10-25(11-13-26)22-4-2-3-5-23(22)27(24(25)29)18-16-19(28)17-18/h2-9,18-19,28H,10-17H2,1H3. The third-order valence-electron chi connectivity index (χ3n) is 7.40. The van der Waals surface area contributed by atoms with Gasteiger partial charge in [-0.25, -0.2) is 8.42 Å². The molecule has 0 aromatic heterocycles. The Morgan fingerprint density at radius 1 is 1.06 bits per heavy atom. The number of rotatable bonds is 6. The summed E-state index contributed by atoms with van der Waals surface area (Å²) < 4.78 is 29.0. The Bertz CT molecular complexity index is 1130. The molecular weight excluding hydrogens is 440 g/mol. The summed E-state index contributed by atoms with van der Waals surface area (Å²) in [5, 5.41) is 9.78. The maximum atomic E-state index is 13.6. The topological polar surface area (TPSA) is 87.2 Å². The molecule has 2 fully saturated rings. The number of aliphatic hydroxyl groups excluding tert-OH is 1. The lowest BCUT2D eigenvalue weighted by Crippen LogP contribution is -2.54. The largest absolute Gasteiger partial charge is 0.492 e. The van der Waals surface area contributed by atoms with Crippen LogP contribution in [0.15, 0.2) is 53.4 Å².